The number of hydrogen-bond donors (Lipinski definition) is 1. The number of nitrogens with zero attached hydrogens (tertiary/aromatic N) is 3. The van der Waals surface area contributed by atoms with E-state index in [1.54, 1.807) is 30.6 Å². The van der Waals surface area contributed by atoms with Crippen LogP contribution in [0, 0.1) is 5.92 Å². The van der Waals surface area contributed by atoms with Crippen LogP contribution in [0.1, 0.15) is 18.4 Å². The molecule has 0 saturated carbocycles. The van der Waals surface area contributed by atoms with Crippen molar-refractivity contribution in [2.45, 2.75) is 19.3 Å². The number of piperidine rings is 1. The standard InChI is InChI=1S/C19H22N4O3/c1-26-17(24)12-14-5-7-16(8-6-14)22-18(25)15-4-2-11-23(13-15)19-20-9-3-10-21-19/h3,5-10,15H,2,4,11-13H2,1H3,(H,22,25). The third-order valence-electron chi connectivity index (χ3n) is 4.42. The summed E-state index contributed by atoms with van der Waals surface area (Å²) < 4.78 is 4.65. The summed E-state index contributed by atoms with van der Waals surface area (Å²) in [5.74, 6) is 0.262. The number of aromatic nitrogens is 2. The molecule has 7 heteroatoms. The second-order valence-electron chi connectivity index (χ2n) is 6.27. The molecular weight excluding hydrogens is 332 g/mol. The second kappa shape index (κ2) is 8.42. The highest BCUT2D eigenvalue weighted by molar-refractivity contribution is 5.93. The fourth-order valence-electron chi connectivity index (χ4n) is 3.02. The number of ether oxygens (including phenoxy) is 1. The zero-order chi connectivity index (χ0) is 18.4. The van der Waals surface area contributed by atoms with Gasteiger partial charge in [0.1, 0.15) is 0 Å². The first-order valence-corrected chi connectivity index (χ1v) is 8.64. The van der Waals surface area contributed by atoms with Crippen LogP contribution >= 0.6 is 0 Å². The third kappa shape index (κ3) is 4.56. The Morgan fingerprint density at radius 3 is 2.65 bits per heavy atom. The smallest absolute Gasteiger partial charge is 0.309 e. The summed E-state index contributed by atoms with van der Waals surface area (Å²) in [6.45, 7) is 1.46. The number of hydrogen-bond acceptors (Lipinski definition) is 6. The van der Waals surface area contributed by atoms with Crippen molar-refractivity contribution in [3.8, 4) is 0 Å². The normalized spacial score (nSPS) is 16.8. The highest BCUT2D eigenvalue weighted by Crippen LogP contribution is 2.21. The van der Waals surface area contributed by atoms with E-state index in [4.69, 9.17) is 0 Å². The van der Waals surface area contributed by atoms with Gasteiger partial charge in [0.15, 0.2) is 0 Å². The topological polar surface area (TPSA) is 84.4 Å². The molecule has 0 bridgehead atoms. The maximum Gasteiger partial charge on any atom is 0.309 e. The van der Waals surface area contributed by atoms with Gasteiger partial charge in [-0.3, -0.25) is 9.59 Å². The van der Waals surface area contributed by atoms with E-state index in [2.05, 4.69) is 20.0 Å². The van der Waals surface area contributed by atoms with Crippen LogP contribution in [0.4, 0.5) is 11.6 Å². The molecule has 1 saturated heterocycles. The predicted molar refractivity (Wildman–Crippen MR) is 97.8 cm³/mol. The van der Waals surface area contributed by atoms with Crippen molar-refractivity contribution < 1.29 is 14.3 Å². The molecule has 1 aliphatic heterocycles. The van der Waals surface area contributed by atoms with E-state index < -0.39 is 0 Å². The molecule has 7 nitrogen and oxygen atoms in total. The first kappa shape index (κ1) is 17.8. The lowest BCUT2D eigenvalue weighted by Crippen LogP contribution is -2.41. The highest BCUT2D eigenvalue weighted by atomic mass is 16.5. The minimum Gasteiger partial charge on any atom is -0.469 e. The molecule has 1 fully saturated rings. The first-order chi connectivity index (χ1) is 12.7. The molecule has 0 radical (unpaired) electrons. The van der Waals surface area contributed by atoms with E-state index >= 15 is 0 Å². The Morgan fingerprint density at radius 1 is 1.23 bits per heavy atom. The molecule has 3 rings (SSSR count). The minimum atomic E-state index is -0.285. The van der Waals surface area contributed by atoms with Crippen LogP contribution in [0.25, 0.3) is 0 Å². The Hall–Kier alpha value is -2.96. The number of nitrogens with one attached hydrogen (secondary N) is 1. The lowest BCUT2D eigenvalue weighted by atomic mass is 9.97. The molecular formula is C19H22N4O3. The Labute approximate surface area is 152 Å². The van der Waals surface area contributed by atoms with Gasteiger partial charge in [0.25, 0.3) is 0 Å². The lowest BCUT2D eigenvalue weighted by Gasteiger charge is -2.31. The van der Waals surface area contributed by atoms with E-state index in [0.29, 0.717) is 12.5 Å². The molecule has 0 aliphatic carbocycles. The summed E-state index contributed by atoms with van der Waals surface area (Å²) >= 11 is 0. The van der Waals surface area contributed by atoms with Crippen LogP contribution in [0.3, 0.4) is 0 Å². The van der Waals surface area contributed by atoms with Gasteiger partial charge in [-0.1, -0.05) is 12.1 Å². The number of benzene rings is 1. The number of anilines is 2. The van der Waals surface area contributed by atoms with Gasteiger partial charge >= 0.3 is 5.97 Å². The number of carbonyl (C=O) groups is 2. The highest BCUT2D eigenvalue weighted by Gasteiger charge is 2.27. The molecule has 1 N–H and O–H groups in total. The Balaban J connectivity index is 1.58. The van der Waals surface area contributed by atoms with E-state index in [9.17, 15) is 9.59 Å². The third-order valence-corrected chi connectivity index (χ3v) is 4.42. The number of rotatable bonds is 5. The molecule has 1 aromatic carbocycles. The van der Waals surface area contributed by atoms with Crippen molar-refractivity contribution >= 4 is 23.5 Å². The van der Waals surface area contributed by atoms with Gasteiger partial charge in [0, 0.05) is 31.2 Å². The molecule has 2 heterocycles. The predicted octanol–water partition coefficient (Wildman–Crippen LogP) is 2.05. The van der Waals surface area contributed by atoms with Crippen molar-refractivity contribution in [3.05, 3.63) is 48.3 Å². The summed E-state index contributed by atoms with van der Waals surface area (Å²) in [4.78, 5) is 34.5. The van der Waals surface area contributed by atoms with Crippen molar-refractivity contribution in [3.63, 3.8) is 0 Å². The van der Waals surface area contributed by atoms with Gasteiger partial charge in [-0.2, -0.15) is 0 Å². The molecule has 136 valence electrons. The van der Waals surface area contributed by atoms with Crippen LogP contribution in [0.5, 0.6) is 0 Å². The summed E-state index contributed by atoms with van der Waals surface area (Å²) in [5, 5.41) is 2.96. The van der Waals surface area contributed by atoms with Crippen LogP contribution in [0.2, 0.25) is 0 Å². The van der Waals surface area contributed by atoms with Gasteiger partial charge in [-0.25, -0.2) is 9.97 Å². The zero-order valence-electron chi connectivity index (χ0n) is 14.7. The van der Waals surface area contributed by atoms with Crippen LogP contribution in [-0.4, -0.2) is 42.0 Å². The van der Waals surface area contributed by atoms with Crippen LogP contribution < -0.4 is 10.2 Å². The average Bonchev–Trinajstić information content (AvgIpc) is 2.70. The molecule has 1 aromatic heterocycles. The summed E-state index contributed by atoms with van der Waals surface area (Å²) in [6, 6.07) is 9.02. The van der Waals surface area contributed by atoms with E-state index in [1.165, 1.54) is 7.11 Å². The molecule has 2 aromatic rings. The summed E-state index contributed by atoms with van der Waals surface area (Å²) in [7, 11) is 1.37. The van der Waals surface area contributed by atoms with Crippen molar-refractivity contribution in [2.24, 2.45) is 5.92 Å². The number of amides is 1. The van der Waals surface area contributed by atoms with Gasteiger partial charge < -0.3 is 15.0 Å². The minimum absolute atomic E-state index is 0.00801. The first-order valence-electron chi connectivity index (χ1n) is 8.64. The van der Waals surface area contributed by atoms with Gasteiger partial charge in [-0.05, 0) is 36.6 Å². The maximum atomic E-state index is 12.6. The lowest BCUT2D eigenvalue weighted by molar-refractivity contribution is -0.139. The van der Waals surface area contributed by atoms with Gasteiger partial charge in [0.2, 0.25) is 11.9 Å². The van der Waals surface area contributed by atoms with Gasteiger partial charge in [0.05, 0.1) is 19.4 Å². The van der Waals surface area contributed by atoms with Crippen molar-refractivity contribution in [2.75, 3.05) is 30.4 Å². The van der Waals surface area contributed by atoms with Crippen LogP contribution in [0.15, 0.2) is 42.7 Å². The van der Waals surface area contributed by atoms with Crippen molar-refractivity contribution in [1.29, 1.82) is 0 Å². The molecule has 1 amide bonds. The Bertz CT molecular complexity index is 749. The summed E-state index contributed by atoms with van der Waals surface area (Å²) in [5.41, 5.74) is 1.57. The number of esters is 1. The average molecular weight is 354 g/mol. The second-order valence-corrected chi connectivity index (χ2v) is 6.27. The van der Waals surface area contributed by atoms with Gasteiger partial charge in [-0.15, -0.1) is 0 Å². The fraction of sp³-hybridized carbons (Fsp3) is 0.368. The molecule has 1 atom stereocenters. The summed E-state index contributed by atoms with van der Waals surface area (Å²) in [6.07, 6.45) is 5.41. The molecule has 0 spiro atoms. The van der Waals surface area contributed by atoms with E-state index in [0.717, 1.165) is 30.6 Å². The monoisotopic (exact) mass is 354 g/mol. The fourth-order valence-corrected chi connectivity index (χ4v) is 3.02. The van der Waals surface area contributed by atoms with Crippen LogP contribution in [-0.2, 0) is 20.7 Å². The van der Waals surface area contributed by atoms with E-state index in [1.807, 2.05) is 17.0 Å². The number of methoxy groups -OCH3 is 1. The largest absolute Gasteiger partial charge is 0.469 e. The quantitative estimate of drug-likeness (QED) is 0.827. The Morgan fingerprint density at radius 2 is 1.96 bits per heavy atom. The van der Waals surface area contributed by atoms with E-state index in [-0.39, 0.29) is 24.2 Å². The molecule has 1 aliphatic rings. The SMILES string of the molecule is COC(=O)Cc1ccc(NC(=O)C2CCCN(c3ncccn3)C2)cc1. The zero-order valence-corrected chi connectivity index (χ0v) is 14.7. The Kier molecular flexibility index (Phi) is 5.78. The number of carbonyl (C=O) groups excluding carboxylic acids is 2. The molecule has 26 heavy (non-hydrogen) atoms. The maximum absolute atomic E-state index is 12.6. The van der Waals surface area contributed by atoms with Crippen molar-refractivity contribution in [1.82, 2.24) is 9.97 Å². The molecule has 1 unspecified atom stereocenters.